The highest BCUT2D eigenvalue weighted by molar-refractivity contribution is 7.89. The minimum atomic E-state index is -3.94. The summed E-state index contributed by atoms with van der Waals surface area (Å²) in [4.78, 5) is 11.5. The van der Waals surface area contributed by atoms with Crippen molar-refractivity contribution in [3.8, 4) is 0 Å². The molecule has 0 radical (unpaired) electrons. The Bertz CT molecular complexity index is 948. The molecule has 8 nitrogen and oxygen atoms in total. The third-order valence-electron chi connectivity index (χ3n) is 4.87. The number of carbonyl (C=O) groups is 1. The fourth-order valence-corrected chi connectivity index (χ4v) is 4.81. The van der Waals surface area contributed by atoms with E-state index in [4.69, 9.17) is 5.73 Å². The number of rotatable bonds is 9. The second-order valence-electron chi connectivity index (χ2n) is 7.80. The van der Waals surface area contributed by atoms with Crippen LogP contribution in [0, 0.1) is 5.92 Å². The Morgan fingerprint density at radius 2 is 1.67 bits per heavy atom. The zero-order valence-electron chi connectivity index (χ0n) is 17.3. The number of nitrogens with one attached hydrogen (secondary N) is 1. The molecule has 0 aromatic heterocycles. The molecule has 2 aromatic carbocycles. The molecule has 0 saturated carbocycles. The highest BCUT2D eigenvalue weighted by atomic mass is 32.2. The van der Waals surface area contributed by atoms with Crippen LogP contribution in [0.5, 0.6) is 0 Å². The molecule has 0 spiro atoms. The number of amides is 1. The lowest BCUT2D eigenvalue weighted by Gasteiger charge is -2.37. The monoisotopic (exact) mass is 435 g/mol. The molecule has 2 atom stereocenters. The molecule has 30 heavy (non-hydrogen) atoms. The Kier molecular flexibility index (Phi) is 7.46. The minimum Gasteiger partial charge on any atom is -0.465 e. The maximum Gasteiger partial charge on any atom is 0.405 e. The SMILES string of the molecule is CC(C)CN(C[C@@H](O)[C@@](C)(NC(=O)O)c1ccccc1)S(=O)(=O)c1ccc(N)cc1. The van der Waals surface area contributed by atoms with E-state index in [1.165, 1.54) is 35.5 Å². The van der Waals surface area contributed by atoms with Crippen LogP contribution in [0.15, 0.2) is 59.5 Å². The number of sulfonamides is 1. The van der Waals surface area contributed by atoms with Crippen LogP contribution in [0.2, 0.25) is 0 Å². The summed E-state index contributed by atoms with van der Waals surface area (Å²) in [5.41, 5.74) is 5.20. The van der Waals surface area contributed by atoms with Crippen molar-refractivity contribution in [3.05, 3.63) is 60.2 Å². The van der Waals surface area contributed by atoms with E-state index in [1.54, 1.807) is 30.3 Å². The lowest BCUT2D eigenvalue weighted by atomic mass is 9.86. The van der Waals surface area contributed by atoms with E-state index in [0.717, 1.165) is 0 Å². The average molecular weight is 436 g/mol. The van der Waals surface area contributed by atoms with Gasteiger partial charge in [0.2, 0.25) is 10.0 Å². The first-order chi connectivity index (χ1) is 14.0. The van der Waals surface area contributed by atoms with Crippen LogP contribution in [0.4, 0.5) is 10.5 Å². The van der Waals surface area contributed by atoms with Crippen molar-refractivity contribution in [2.45, 2.75) is 37.3 Å². The van der Waals surface area contributed by atoms with Crippen LogP contribution < -0.4 is 11.1 Å². The molecule has 0 fully saturated rings. The number of nitrogens with zero attached hydrogens (tertiary/aromatic N) is 1. The first kappa shape index (κ1) is 23.7. The van der Waals surface area contributed by atoms with Crippen molar-refractivity contribution in [1.29, 1.82) is 0 Å². The van der Waals surface area contributed by atoms with Gasteiger partial charge in [0, 0.05) is 18.8 Å². The van der Waals surface area contributed by atoms with E-state index in [0.29, 0.717) is 11.3 Å². The maximum absolute atomic E-state index is 13.2. The quantitative estimate of drug-likeness (QED) is 0.447. The third kappa shape index (κ3) is 5.50. The molecule has 0 heterocycles. The number of aliphatic hydroxyl groups excluding tert-OH is 1. The largest absolute Gasteiger partial charge is 0.465 e. The number of anilines is 1. The topological polar surface area (TPSA) is 133 Å². The zero-order valence-corrected chi connectivity index (χ0v) is 18.1. The Hall–Kier alpha value is -2.62. The summed E-state index contributed by atoms with van der Waals surface area (Å²) in [6.45, 7) is 5.12. The van der Waals surface area contributed by atoms with Gasteiger partial charge in [-0.1, -0.05) is 44.2 Å². The summed E-state index contributed by atoms with van der Waals surface area (Å²) in [6, 6.07) is 14.4. The highest BCUT2D eigenvalue weighted by Gasteiger charge is 2.40. The fourth-order valence-electron chi connectivity index (χ4n) is 3.20. The third-order valence-corrected chi connectivity index (χ3v) is 6.72. The van der Waals surface area contributed by atoms with Crippen molar-refractivity contribution < 1.29 is 23.4 Å². The molecular formula is C21H29N3O5S. The van der Waals surface area contributed by atoms with Gasteiger partial charge in [-0.3, -0.25) is 0 Å². The van der Waals surface area contributed by atoms with E-state index in [2.05, 4.69) is 5.32 Å². The summed E-state index contributed by atoms with van der Waals surface area (Å²) in [6.07, 6.45) is -2.67. The fraction of sp³-hybridized carbons (Fsp3) is 0.381. The predicted octanol–water partition coefficient (Wildman–Crippen LogP) is 2.46. The maximum atomic E-state index is 13.2. The first-order valence-electron chi connectivity index (χ1n) is 9.57. The van der Waals surface area contributed by atoms with Gasteiger partial charge in [0.25, 0.3) is 0 Å². The molecule has 1 amide bonds. The molecule has 164 valence electrons. The standard InChI is InChI=1S/C21H29N3O5S/c1-15(2)13-24(30(28,29)18-11-9-17(22)10-12-18)14-19(25)21(3,23-20(26)27)16-7-5-4-6-8-16/h4-12,15,19,23,25H,13-14,22H2,1-3H3,(H,26,27)/t19-,21+/m1/s1. The summed E-state index contributed by atoms with van der Waals surface area (Å²) < 4.78 is 27.7. The summed E-state index contributed by atoms with van der Waals surface area (Å²) >= 11 is 0. The number of nitrogens with two attached hydrogens (primary N) is 1. The molecule has 0 saturated heterocycles. The van der Waals surface area contributed by atoms with E-state index in [1.807, 2.05) is 13.8 Å². The van der Waals surface area contributed by atoms with Crippen molar-refractivity contribution in [2.24, 2.45) is 5.92 Å². The summed E-state index contributed by atoms with van der Waals surface area (Å²) in [5.74, 6) is -0.0174. The molecule has 0 aliphatic heterocycles. The van der Waals surface area contributed by atoms with Crippen LogP contribution in [-0.2, 0) is 15.6 Å². The van der Waals surface area contributed by atoms with Gasteiger partial charge in [-0.05, 0) is 42.7 Å². The van der Waals surface area contributed by atoms with Crippen molar-refractivity contribution in [1.82, 2.24) is 9.62 Å². The van der Waals surface area contributed by atoms with Gasteiger partial charge < -0.3 is 21.3 Å². The molecule has 0 aliphatic carbocycles. The van der Waals surface area contributed by atoms with Crippen LogP contribution in [0.3, 0.4) is 0 Å². The lowest BCUT2D eigenvalue weighted by molar-refractivity contribution is 0.0498. The summed E-state index contributed by atoms with van der Waals surface area (Å²) in [7, 11) is -3.94. The predicted molar refractivity (Wildman–Crippen MR) is 115 cm³/mol. The molecule has 5 N–H and O–H groups in total. The lowest BCUT2D eigenvalue weighted by Crippen LogP contribution is -2.56. The Balaban J connectivity index is 2.42. The number of hydrogen-bond acceptors (Lipinski definition) is 5. The van der Waals surface area contributed by atoms with Gasteiger partial charge >= 0.3 is 6.09 Å². The molecular weight excluding hydrogens is 406 g/mol. The smallest absolute Gasteiger partial charge is 0.405 e. The van der Waals surface area contributed by atoms with Crippen LogP contribution in [0.25, 0.3) is 0 Å². The molecule has 2 aromatic rings. The molecule has 0 aliphatic rings. The van der Waals surface area contributed by atoms with Gasteiger partial charge in [0.05, 0.1) is 16.5 Å². The van der Waals surface area contributed by atoms with Crippen molar-refractivity contribution in [2.75, 3.05) is 18.8 Å². The van der Waals surface area contributed by atoms with E-state index in [-0.39, 0.29) is 23.9 Å². The normalized spacial score (nSPS) is 15.0. The number of benzene rings is 2. The van der Waals surface area contributed by atoms with E-state index >= 15 is 0 Å². The zero-order chi connectivity index (χ0) is 22.5. The Labute approximate surface area is 177 Å². The van der Waals surface area contributed by atoms with Gasteiger partial charge in [-0.2, -0.15) is 4.31 Å². The van der Waals surface area contributed by atoms with E-state index in [9.17, 15) is 23.4 Å². The van der Waals surface area contributed by atoms with Gasteiger partial charge in [-0.25, -0.2) is 13.2 Å². The second-order valence-corrected chi connectivity index (χ2v) is 9.74. The second kappa shape index (κ2) is 9.46. The molecule has 0 unspecified atom stereocenters. The Morgan fingerprint density at radius 1 is 1.10 bits per heavy atom. The molecule has 9 heteroatoms. The summed E-state index contributed by atoms with van der Waals surface area (Å²) in [5, 5.41) is 22.8. The van der Waals surface area contributed by atoms with Gasteiger partial charge in [-0.15, -0.1) is 0 Å². The molecule has 2 rings (SSSR count). The number of carboxylic acid groups (broad SMARTS) is 1. The Morgan fingerprint density at radius 3 is 2.17 bits per heavy atom. The van der Waals surface area contributed by atoms with Gasteiger partial charge in [0.1, 0.15) is 0 Å². The minimum absolute atomic E-state index is 0.0174. The number of hydrogen-bond donors (Lipinski definition) is 4. The number of nitrogen functional groups attached to an aromatic ring is 1. The van der Waals surface area contributed by atoms with Gasteiger partial charge in [0.15, 0.2) is 0 Å². The van der Waals surface area contributed by atoms with Crippen LogP contribution >= 0.6 is 0 Å². The van der Waals surface area contributed by atoms with Crippen molar-refractivity contribution in [3.63, 3.8) is 0 Å². The number of aliphatic hydroxyl groups is 1. The van der Waals surface area contributed by atoms with E-state index < -0.39 is 27.8 Å². The van der Waals surface area contributed by atoms with Crippen LogP contribution in [0.1, 0.15) is 26.3 Å². The molecule has 0 bridgehead atoms. The average Bonchev–Trinajstić information content (AvgIpc) is 2.67. The first-order valence-corrected chi connectivity index (χ1v) is 11.0. The van der Waals surface area contributed by atoms with Crippen LogP contribution in [-0.4, -0.2) is 48.2 Å². The van der Waals surface area contributed by atoms with Crippen molar-refractivity contribution >= 4 is 21.8 Å². The highest BCUT2D eigenvalue weighted by Crippen LogP contribution is 2.28.